The molecule has 68 heavy (non-hydrogen) atoms. The zero-order valence-electron chi connectivity index (χ0n) is 39.7. The molecule has 2 rings (SSSR count). The van der Waals surface area contributed by atoms with Gasteiger partial charge in [0.15, 0.2) is 5.96 Å². The van der Waals surface area contributed by atoms with E-state index < -0.39 is 120 Å². The fourth-order valence-corrected chi connectivity index (χ4v) is 6.91. The number of amides is 7. The molecule has 0 saturated carbocycles. The van der Waals surface area contributed by atoms with Crippen LogP contribution in [0.3, 0.4) is 0 Å². The molecule has 1 aromatic carbocycles. The number of aliphatic imine (C=N–C) groups is 1. The van der Waals surface area contributed by atoms with E-state index in [0.29, 0.717) is 6.42 Å². The van der Waals surface area contributed by atoms with E-state index in [2.05, 4.69) is 43.5 Å². The van der Waals surface area contributed by atoms with Gasteiger partial charge in [0.25, 0.3) is 5.91 Å². The van der Waals surface area contributed by atoms with Crippen molar-refractivity contribution in [1.82, 2.24) is 36.8 Å². The van der Waals surface area contributed by atoms with Gasteiger partial charge in [-0.1, -0.05) is 81.5 Å². The van der Waals surface area contributed by atoms with Crippen LogP contribution >= 0.6 is 0 Å². The van der Waals surface area contributed by atoms with Gasteiger partial charge in [-0.25, -0.2) is 9.59 Å². The van der Waals surface area contributed by atoms with Crippen LogP contribution in [0.4, 0.5) is 0 Å². The molecule has 22 nitrogen and oxygen atoms in total. The minimum Gasteiger partial charge on any atom is -0.480 e. The Hall–Kier alpha value is -7.10. The number of ether oxygens (including phenoxy) is 1. The molecule has 374 valence electrons. The monoisotopic (exact) mass is 953 g/mol. The Morgan fingerprint density at radius 2 is 1.51 bits per heavy atom. The molecule has 1 aromatic rings. The van der Waals surface area contributed by atoms with E-state index in [4.69, 9.17) is 16.2 Å². The van der Waals surface area contributed by atoms with Gasteiger partial charge >= 0.3 is 11.9 Å². The summed E-state index contributed by atoms with van der Waals surface area (Å²) in [6, 6.07) is 1.12. The molecular weight excluding hydrogens is 885 g/mol. The fourth-order valence-electron chi connectivity index (χ4n) is 6.91. The summed E-state index contributed by atoms with van der Waals surface area (Å²) in [5.41, 5.74) is 12.2. The summed E-state index contributed by atoms with van der Waals surface area (Å²) >= 11 is 0. The smallest absolute Gasteiger partial charge is 0.326 e. The molecule has 1 aliphatic heterocycles. The summed E-state index contributed by atoms with van der Waals surface area (Å²) in [5.74, 6) is -10.8. The predicted octanol–water partition coefficient (Wildman–Crippen LogP) is -0.264. The second-order valence-electron chi connectivity index (χ2n) is 16.6. The van der Waals surface area contributed by atoms with Crippen molar-refractivity contribution in [1.29, 1.82) is 0 Å². The number of benzene rings is 1. The lowest BCUT2D eigenvalue weighted by Crippen LogP contribution is -2.56. The lowest BCUT2D eigenvalue weighted by Gasteiger charge is -2.26. The topological polar surface area (TPSA) is 343 Å². The number of allylic oxidation sites excluding steroid dienone is 2. The van der Waals surface area contributed by atoms with Crippen LogP contribution in [0.2, 0.25) is 0 Å². The Labute approximate surface area is 396 Å². The van der Waals surface area contributed by atoms with Gasteiger partial charge in [-0.15, -0.1) is 0 Å². The van der Waals surface area contributed by atoms with Gasteiger partial charge in [0, 0.05) is 33.0 Å². The number of guanidine groups is 1. The third-order valence-electron chi connectivity index (χ3n) is 11.2. The van der Waals surface area contributed by atoms with E-state index in [1.54, 1.807) is 27.0 Å². The number of carbonyl (C=O) groups is 9. The Balaban J connectivity index is 2.58. The quantitative estimate of drug-likeness (QED) is 0.0378. The summed E-state index contributed by atoms with van der Waals surface area (Å²) in [6.45, 7) is 11.7. The SMILES string of the molecule is C=C1C(=O)NC(C)C(=O)NC(CCCN=C(N)N)C(=O)NC(C(=O)O)CC(=O)NC(CC)C(=O)NC(C=CC(C)=CC(C)C(Cc2ccccc2)OC)C(C)C(=O)NC(C(=O)O)CCC(=O)N1C. The molecule has 9 atom stereocenters. The van der Waals surface area contributed by atoms with Crippen LogP contribution in [0, 0.1) is 11.8 Å². The minimum atomic E-state index is -1.85. The van der Waals surface area contributed by atoms with Gasteiger partial charge < -0.3 is 63.2 Å². The third-order valence-corrected chi connectivity index (χ3v) is 11.2. The van der Waals surface area contributed by atoms with Crippen molar-refractivity contribution >= 4 is 59.2 Å². The second-order valence-corrected chi connectivity index (χ2v) is 16.6. The normalized spacial score (nSPS) is 24.7. The Bertz CT molecular complexity index is 2070. The number of hydrogen-bond donors (Lipinski definition) is 10. The average molecular weight is 953 g/mol. The molecular formula is C46H68N10O12. The van der Waals surface area contributed by atoms with Crippen LogP contribution in [-0.2, 0) is 54.3 Å². The van der Waals surface area contributed by atoms with Crippen LogP contribution in [-0.4, -0.2) is 137 Å². The first-order valence-corrected chi connectivity index (χ1v) is 22.2. The molecule has 0 radical (unpaired) electrons. The van der Waals surface area contributed by atoms with Gasteiger partial charge in [0.05, 0.1) is 24.5 Å². The van der Waals surface area contributed by atoms with Crippen LogP contribution in [0.1, 0.15) is 78.7 Å². The number of nitrogens with zero attached hydrogens (tertiary/aromatic N) is 2. The lowest BCUT2D eigenvalue weighted by atomic mass is 9.94. The van der Waals surface area contributed by atoms with Crippen molar-refractivity contribution in [3.05, 3.63) is 72.0 Å². The summed E-state index contributed by atoms with van der Waals surface area (Å²) in [7, 11) is 2.81. The van der Waals surface area contributed by atoms with Crippen molar-refractivity contribution in [2.75, 3.05) is 20.7 Å². The first-order valence-electron chi connectivity index (χ1n) is 22.2. The number of nitrogens with one attached hydrogen (secondary N) is 6. The van der Waals surface area contributed by atoms with Gasteiger partial charge in [-0.2, -0.15) is 0 Å². The summed E-state index contributed by atoms with van der Waals surface area (Å²) in [5, 5.41) is 34.8. The number of methoxy groups -OCH3 is 1. The number of carbonyl (C=O) groups excluding carboxylic acids is 7. The molecule has 1 aliphatic rings. The largest absolute Gasteiger partial charge is 0.480 e. The second kappa shape index (κ2) is 28.2. The Kier molecular flexibility index (Phi) is 23.6. The van der Waals surface area contributed by atoms with E-state index in [0.717, 1.165) is 16.0 Å². The number of rotatable bonds is 14. The summed E-state index contributed by atoms with van der Waals surface area (Å²) < 4.78 is 5.79. The molecule has 0 aromatic heterocycles. The molecule has 1 fully saturated rings. The van der Waals surface area contributed by atoms with E-state index in [1.807, 2.05) is 43.3 Å². The van der Waals surface area contributed by atoms with Crippen molar-refractivity contribution in [3.63, 3.8) is 0 Å². The van der Waals surface area contributed by atoms with Crippen molar-refractivity contribution in [2.45, 2.75) is 122 Å². The van der Waals surface area contributed by atoms with Gasteiger partial charge in [-0.05, 0) is 51.5 Å². The highest BCUT2D eigenvalue weighted by Crippen LogP contribution is 2.18. The zero-order valence-corrected chi connectivity index (χ0v) is 39.7. The molecule has 0 bridgehead atoms. The maximum absolute atomic E-state index is 13.9. The van der Waals surface area contributed by atoms with Crippen LogP contribution in [0.25, 0.3) is 0 Å². The Morgan fingerprint density at radius 1 is 0.897 bits per heavy atom. The first-order chi connectivity index (χ1) is 32.0. The highest BCUT2D eigenvalue weighted by atomic mass is 16.5. The number of nitrogens with two attached hydrogens (primary N) is 2. The van der Waals surface area contributed by atoms with E-state index in [-0.39, 0.29) is 43.8 Å². The number of hydrogen-bond acceptors (Lipinski definition) is 11. The van der Waals surface area contributed by atoms with E-state index in [9.17, 15) is 53.4 Å². The number of likely N-dealkylation sites (N-methyl/N-ethyl adjacent to an activating group) is 1. The van der Waals surface area contributed by atoms with Crippen LogP contribution in [0.15, 0.2) is 71.4 Å². The average Bonchev–Trinajstić information content (AvgIpc) is 3.29. The highest BCUT2D eigenvalue weighted by Gasteiger charge is 2.34. The van der Waals surface area contributed by atoms with Crippen molar-refractivity contribution < 1.29 is 58.1 Å². The molecule has 7 amide bonds. The number of carboxylic acid groups (broad SMARTS) is 2. The number of carboxylic acids is 2. The molecule has 9 unspecified atom stereocenters. The lowest BCUT2D eigenvalue weighted by molar-refractivity contribution is -0.144. The molecule has 1 saturated heterocycles. The Morgan fingerprint density at radius 3 is 2.10 bits per heavy atom. The maximum atomic E-state index is 13.9. The van der Waals surface area contributed by atoms with E-state index >= 15 is 0 Å². The standard InChI is InChI=1S/C46H68N10O12/c1-9-31-42(62)52-32(18-17-25(2)22-26(3)36(68-8)23-30-14-11-10-12-15-30)27(4)39(59)54-34(44(64)65)19-20-38(58)56(7)29(6)41(61)50-28(5)40(60)53-33(16-13-21-49-46(47)48)43(63)55-35(45(66)67)24-37(57)51-31/h10-12,14-15,17-18,22,26-28,31-36H,6,9,13,16,19-21,23-24H2,1-5,7-8H3,(H,50,61)(H,51,57)(H,52,62)(H,53,60)(H,54,59)(H,55,63)(H,64,65)(H,66,67)(H4,47,48,49). The molecule has 1 heterocycles. The van der Waals surface area contributed by atoms with Gasteiger partial charge in [-0.3, -0.25) is 38.6 Å². The maximum Gasteiger partial charge on any atom is 0.326 e. The fraction of sp³-hybridized carbons (Fsp3) is 0.522. The zero-order chi connectivity index (χ0) is 51.2. The predicted molar refractivity (Wildman–Crippen MR) is 251 cm³/mol. The highest BCUT2D eigenvalue weighted by molar-refractivity contribution is 6.00. The first kappa shape index (κ1) is 57.0. The van der Waals surface area contributed by atoms with Gasteiger partial charge in [0.1, 0.15) is 35.9 Å². The number of aliphatic carboxylic acids is 2. The van der Waals surface area contributed by atoms with Crippen molar-refractivity contribution in [3.8, 4) is 0 Å². The molecule has 0 aliphatic carbocycles. The molecule has 12 N–H and O–H groups in total. The molecule has 22 heteroatoms. The summed E-state index contributed by atoms with van der Waals surface area (Å²) in [6.07, 6.45) is 3.80. The minimum absolute atomic E-state index is 0.0104. The van der Waals surface area contributed by atoms with Gasteiger partial charge in [0.2, 0.25) is 35.4 Å². The van der Waals surface area contributed by atoms with E-state index in [1.165, 1.54) is 27.0 Å². The summed E-state index contributed by atoms with van der Waals surface area (Å²) in [4.78, 5) is 124. The van der Waals surface area contributed by atoms with Crippen LogP contribution < -0.4 is 43.4 Å². The third kappa shape index (κ3) is 19.0. The van der Waals surface area contributed by atoms with Crippen LogP contribution in [0.5, 0.6) is 0 Å². The molecule has 0 spiro atoms. The van der Waals surface area contributed by atoms with Crippen molar-refractivity contribution in [2.24, 2.45) is 28.3 Å².